The Hall–Kier alpha value is -1.24. The molecule has 1 fully saturated rings. The molecule has 2 aromatic heterocycles. The van der Waals surface area contributed by atoms with Crippen molar-refractivity contribution >= 4 is 27.4 Å². The summed E-state index contributed by atoms with van der Waals surface area (Å²) in [6, 6.07) is 0. The summed E-state index contributed by atoms with van der Waals surface area (Å²) in [6.07, 6.45) is 6.66. The fourth-order valence-corrected chi connectivity index (χ4v) is 4.54. The van der Waals surface area contributed by atoms with Crippen LogP contribution in [0.15, 0.2) is 6.33 Å². The summed E-state index contributed by atoms with van der Waals surface area (Å²) >= 11 is 1.85. The Morgan fingerprint density at radius 2 is 2.18 bits per heavy atom. The van der Waals surface area contributed by atoms with Gasteiger partial charge in [-0.2, -0.15) is 0 Å². The lowest BCUT2D eigenvalue weighted by Gasteiger charge is -2.40. The first kappa shape index (κ1) is 14.4. The molecule has 0 bridgehead atoms. The zero-order valence-corrected chi connectivity index (χ0v) is 13.7. The molecule has 2 aromatic rings. The van der Waals surface area contributed by atoms with Crippen LogP contribution in [0.3, 0.4) is 0 Å². The molecule has 1 saturated heterocycles. The van der Waals surface area contributed by atoms with E-state index >= 15 is 0 Å². The van der Waals surface area contributed by atoms with Gasteiger partial charge in [0.25, 0.3) is 0 Å². The smallest absolute Gasteiger partial charge is 0.141 e. The van der Waals surface area contributed by atoms with Crippen LogP contribution in [0.1, 0.15) is 23.3 Å². The van der Waals surface area contributed by atoms with Gasteiger partial charge >= 0.3 is 0 Å². The van der Waals surface area contributed by atoms with E-state index in [1.54, 1.807) is 13.4 Å². The molecule has 1 aliphatic carbocycles. The molecule has 3 heterocycles. The summed E-state index contributed by atoms with van der Waals surface area (Å²) in [5.41, 5.74) is 1.50. The van der Waals surface area contributed by atoms with Crippen LogP contribution < -0.4 is 4.90 Å². The quantitative estimate of drug-likeness (QED) is 0.765. The molecular formula is C16H21N3O2S. The number of ether oxygens (including phenoxy) is 2. The number of aromatic nitrogens is 2. The SMILES string of the molecule is COCCCOC1CN(c2ncnc3sc4c(c23)CCC4)C1. The molecule has 6 heteroatoms. The highest BCUT2D eigenvalue weighted by Gasteiger charge is 2.31. The van der Waals surface area contributed by atoms with Crippen molar-refractivity contribution in [1.82, 2.24) is 9.97 Å². The van der Waals surface area contributed by atoms with Crippen molar-refractivity contribution in [1.29, 1.82) is 0 Å². The Balaban J connectivity index is 1.45. The van der Waals surface area contributed by atoms with Crippen LogP contribution in [0, 0.1) is 0 Å². The third-order valence-corrected chi connectivity index (χ3v) is 5.68. The van der Waals surface area contributed by atoms with Crippen LogP contribution in [-0.4, -0.2) is 49.5 Å². The summed E-state index contributed by atoms with van der Waals surface area (Å²) in [5.74, 6) is 1.11. The molecular weight excluding hydrogens is 298 g/mol. The molecule has 0 amide bonds. The Labute approximate surface area is 134 Å². The van der Waals surface area contributed by atoms with E-state index in [0.29, 0.717) is 6.10 Å². The molecule has 2 aliphatic rings. The van der Waals surface area contributed by atoms with Crippen LogP contribution in [0.2, 0.25) is 0 Å². The predicted molar refractivity (Wildman–Crippen MR) is 87.9 cm³/mol. The number of nitrogens with zero attached hydrogens (tertiary/aromatic N) is 3. The summed E-state index contributed by atoms with van der Waals surface area (Å²) in [4.78, 5) is 14.0. The van der Waals surface area contributed by atoms with Gasteiger partial charge in [0.2, 0.25) is 0 Å². The summed E-state index contributed by atoms with van der Waals surface area (Å²) < 4.78 is 10.9. The minimum Gasteiger partial charge on any atom is -0.385 e. The maximum atomic E-state index is 5.86. The maximum absolute atomic E-state index is 5.86. The number of hydrogen-bond donors (Lipinski definition) is 0. The average molecular weight is 319 g/mol. The normalized spacial score (nSPS) is 18.0. The number of thiophene rings is 1. The van der Waals surface area contributed by atoms with Crippen molar-refractivity contribution in [2.75, 3.05) is 38.3 Å². The zero-order chi connectivity index (χ0) is 14.9. The van der Waals surface area contributed by atoms with E-state index in [1.807, 2.05) is 11.3 Å². The zero-order valence-electron chi connectivity index (χ0n) is 12.9. The third-order valence-electron chi connectivity index (χ3n) is 4.48. The predicted octanol–water partition coefficient (Wildman–Crippen LogP) is 2.42. The number of hydrogen-bond acceptors (Lipinski definition) is 6. The second kappa shape index (κ2) is 6.10. The first-order valence-electron chi connectivity index (χ1n) is 7.97. The number of methoxy groups -OCH3 is 1. The molecule has 118 valence electrons. The third kappa shape index (κ3) is 2.49. The van der Waals surface area contributed by atoms with Crippen molar-refractivity contribution in [3.63, 3.8) is 0 Å². The van der Waals surface area contributed by atoms with Gasteiger partial charge in [-0.3, -0.25) is 0 Å². The second-order valence-electron chi connectivity index (χ2n) is 5.98. The molecule has 0 aromatic carbocycles. The highest BCUT2D eigenvalue weighted by molar-refractivity contribution is 7.19. The molecule has 0 radical (unpaired) electrons. The summed E-state index contributed by atoms with van der Waals surface area (Å²) in [7, 11) is 1.73. The highest BCUT2D eigenvalue weighted by Crippen LogP contribution is 2.41. The average Bonchev–Trinajstić information content (AvgIpc) is 3.05. The van der Waals surface area contributed by atoms with E-state index in [1.165, 1.54) is 35.1 Å². The standard InChI is InChI=1S/C16H21N3O2S/c1-20-6-3-7-21-11-8-19(9-11)15-14-12-4-2-5-13(12)22-16(14)18-10-17-15/h10-11H,2-9H2,1H3. The summed E-state index contributed by atoms with van der Waals surface area (Å²) in [6.45, 7) is 3.41. The second-order valence-corrected chi connectivity index (χ2v) is 7.06. The Morgan fingerprint density at radius 1 is 1.27 bits per heavy atom. The Kier molecular flexibility index (Phi) is 3.98. The molecule has 22 heavy (non-hydrogen) atoms. The molecule has 1 aliphatic heterocycles. The number of aryl methyl sites for hydroxylation is 2. The van der Waals surface area contributed by atoms with E-state index < -0.39 is 0 Å². The first-order chi connectivity index (χ1) is 10.9. The molecule has 0 N–H and O–H groups in total. The lowest BCUT2D eigenvalue weighted by Crippen LogP contribution is -2.53. The summed E-state index contributed by atoms with van der Waals surface area (Å²) in [5, 5.41) is 1.30. The van der Waals surface area contributed by atoms with Crippen molar-refractivity contribution in [3.05, 3.63) is 16.8 Å². The van der Waals surface area contributed by atoms with Gasteiger partial charge in [0, 0.05) is 38.3 Å². The maximum Gasteiger partial charge on any atom is 0.141 e. The molecule has 0 saturated carbocycles. The van der Waals surface area contributed by atoms with Crippen LogP contribution in [0.25, 0.3) is 10.2 Å². The number of anilines is 1. The largest absolute Gasteiger partial charge is 0.385 e. The minimum absolute atomic E-state index is 0.327. The number of fused-ring (bicyclic) bond motifs is 3. The monoisotopic (exact) mass is 319 g/mol. The van der Waals surface area contributed by atoms with Crippen molar-refractivity contribution in [2.24, 2.45) is 0 Å². The van der Waals surface area contributed by atoms with Crippen molar-refractivity contribution in [3.8, 4) is 0 Å². The molecule has 0 atom stereocenters. The van der Waals surface area contributed by atoms with Crippen molar-refractivity contribution < 1.29 is 9.47 Å². The minimum atomic E-state index is 0.327. The van der Waals surface area contributed by atoms with Crippen LogP contribution >= 0.6 is 11.3 Å². The van der Waals surface area contributed by atoms with E-state index in [-0.39, 0.29) is 0 Å². The molecule has 0 unspecified atom stereocenters. The lowest BCUT2D eigenvalue weighted by molar-refractivity contribution is 0.0231. The van der Waals surface area contributed by atoms with E-state index in [2.05, 4.69) is 14.9 Å². The van der Waals surface area contributed by atoms with Gasteiger partial charge in [-0.25, -0.2) is 9.97 Å². The molecule has 5 nitrogen and oxygen atoms in total. The first-order valence-corrected chi connectivity index (χ1v) is 8.79. The van der Waals surface area contributed by atoms with E-state index in [4.69, 9.17) is 9.47 Å². The molecule has 4 rings (SSSR count). The van der Waals surface area contributed by atoms with Crippen LogP contribution in [-0.2, 0) is 22.3 Å². The van der Waals surface area contributed by atoms with Gasteiger partial charge in [0.05, 0.1) is 11.5 Å². The van der Waals surface area contributed by atoms with Gasteiger partial charge in [-0.15, -0.1) is 11.3 Å². The van der Waals surface area contributed by atoms with Gasteiger partial charge in [-0.05, 0) is 31.2 Å². The van der Waals surface area contributed by atoms with E-state index in [9.17, 15) is 0 Å². The van der Waals surface area contributed by atoms with E-state index in [0.717, 1.165) is 43.4 Å². The Bertz CT molecular complexity index is 667. The van der Waals surface area contributed by atoms with Gasteiger partial charge in [0.1, 0.15) is 17.0 Å². The fraction of sp³-hybridized carbons (Fsp3) is 0.625. The molecule has 0 spiro atoms. The highest BCUT2D eigenvalue weighted by atomic mass is 32.1. The Morgan fingerprint density at radius 3 is 3.05 bits per heavy atom. The fourth-order valence-electron chi connectivity index (χ4n) is 3.32. The van der Waals surface area contributed by atoms with Gasteiger partial charge in [-0.1, -0.05) is 0 Å². The van der Waals surface area contributed by atoms with Crippen LogP contribution in [0.4, 0.5) is 5.82 Å². The lowest BCUT2D eigenvalue weighted by atomic mass is 10.1. The topological polar surface area (TPSA) is 47.5 Å². The number of rotatable bonds is 6. The van der Waals surface area contributed by atoms with Crippen LogP contribution in [0.5, 0.6) is 0 Å². The van der Waals surface area contributed by atoms with Gasteiger partial charge in [0.15, 0.2) is 0 Å². The van der Waals surface area contributed by atoms with Crippen molar-refractivity contribution in [2.45, 2.75) is 31.8 Å². The van der Waals surface area contributed by atoms with Gasteiger partial charge < -0.3 is 14.4 Å².